The number of thiophene rings is 1. The second-order valence-corrected chi connectivity index (χ2v) is 8.25. The Bertz CT molecular complexity index is 823. The molecule has 26 heavy (non-hydrogen) atoms. The molecule has 0 spiro atoms. The van der Waals surface area contributed by atoms with Crippen LogP contribution in [0.4, 0.5) is 0 Å². The SMILES string of the molecule is CC(C)(C)C(=O)NCc1ccc(C(=O)COC(=O)c2ccccc2Cl)s1. The first kappa shape index (κ1) is 20.1. The molecule has 0 bridgehead atoms. The maximum absolute atomic E-state index is 12.2. The van der Waals surface area contributed by atoms with E-state index in [2.05, 4.69) is 5.32 Å². The van der Waals surface area contributed by atoms with Crippen LogP contribution in [-0.2, 0) is 16.1 Å². The van der Waals surface area contributed by atoms with Gasteiger partial charge in [-0.15, -0.1) is 11.3 Å². The third kappa shape index (κ3) is 5.41. The van der Waals surface area contributed by atoms with E-state index >= 15 is 0 Å². The van der Waals surface area contributed by atoms with Crippen LogP contribution in [0.15, 0.2) is 36.4 Å². The lowest BCUT2D eigenvalue weighted by molar-refractivity contribution is -0.128. The van der Waals surface area contributed by atoms with Crippen LogP contribution in [-0.4, -0.2) is 24.3 Å². The predicted molar refractivity (Wildman–Crippen MR) is 102 cm³/mol. The number of amides is 1. The highest BCUT2D eigenvalue weighted by Gasteiger charge is 2.21. The molecule has 2 rings (SSSR count). The van der Waals surface area contributed by atoms with Gasteiger partial charge in [0, 0.05) is 10.3 Å². The molecule has 2 aromatic rings. The Morgan fingerprint density at radius 2 is 1.81 bits per heavy atom. The molecule has 0 aliphatic rings. The van der Waals surface area contributed by atoms with Crippen molar-refractivity contribution < 1.29 is 19.1 Å². The highest BCUT2D eigenvalue weighted by Crippen LogP contribution is 2.20. The summed E-state index contributed by atoms with van der Waals surface area (Å²) in [6, 6.07) is 9.93. The quantitative estimate of drug-likeness (QED) is 0.592. The van der Waals surface area contributed by atoms with Gasteiger partial charge in [-0.05, 0) is 24.3 Å². The van der Waals surface area contributed by atoms with Crippen molar-refractivity contribution in [1.29, 1.82) is 0 Å². The molecule has 0 radical (unpaired) electrons. The number of halogens is 1. The van der Waals surface area contributed by atoms with Crippen molar-refractivity contribution in [3.05, 3.63) is 56.7 Å². The van der Waals surface area contributed by atoms with Gasteiger partial charge in [0.2, 0.25) is 11.7 Å². The first-order valence-electron chi connectivity index (χ1n) is 8.00. The Balaban J connectivity index is 1.89. The van der Waals surface area contributed by atoms with Gasteiger partial charge in [-0.3, -0.25) is 9.59 Å². The molecule has 1 aromatic heterocycles. The van der Waals surface area contributed by atoms with Gasteiger partial charge >= 0.3 is 5.97 Å². The summed E-state index contributed by atoms with van der Waals surface area (Å²) >= 11 is 7.19. The van der Waals surface area contributed by atoms with E-state index in [1.54, 1.807) is 30.3 Å². The van der Waals surface area contributed by atoms with Gasteiger partial charge in [0.15, 0.2) is 6.61 Å². The highest BCUT2D eigenvalue weighted by atomic mass is 35.5. The molecular weight excluding hydrogens is 374 g/mol. The Labute approximate surface area is 161 Å². The summed E-state index contributed by atoms with van der Waals surface area (Å²) < 4.78 is 5.04. The summed E-state index contributed by atoms with van der Waals surface area (Å²) in [6.07, 6.45) is 0. The molecule has 0 atom stereocenters. The number of nitrogens with one attached hydrogen (secondary N) is 1. The summed E-state index contributed by atoms with van der Waals surface area (Å²) in [6.45, 7) is 5.49. The van der Waals surface area contributed by atoms with Gasteiger partial charge in [0.1, 0.15) is 0 Å². The first-order chi connectivity index (χ1) is 12.2. The van der Waals surface area contributed by atoms with Gasteiger partial charge < -0.3 is 10.1 Å². The largest absolute Gasteiger partial charge is 0.454 e. The van der Waals surface area contributed by atoms with E-state index in [4.69, 9.17) is 16.3 Å². The van der Waals surface area contributed by atoms with Gasteiger partial charge in [-0.25, -0.2) is 4.79 Å². The standard InChI is InChI=1S/C19H20ClNO4S/c1-19(2,3)18(24)21-10-12-8-9-16(26-12)15(22)11-25-17(23)13-6-4-5-7-14(13)20/h4-9H,10-11H2,1-3H3,(H,21,24). The van der Waals surface area contributed by atoms with Crippen molar-refractivity contribution >= 4 is 40.6 Å². The molecule has 5 nitrogen and oxygen atoms in total. The normalized spacial score (nSPS) is 11.1. The molecule has 0 saturated carbocycles. The Morgan fingerprint density at radius 3 is 2.46 bits per heavy atom. The lowest BCUT2D eigenvalue weighted by Crippen LogP contribution is -2.34. The molecule has 7 heteroatoms. The Hall–Kier alpha value is -2.18. The monoisotopic (exact) mass is 393 g/mol. The van der Waals surface area contributed by atoms with Crippen molar-refractivity contribution in [3.8, 4) is 0 Å². The Kier molecular flexibility index (Phi) is 6.56. The summed E-state index contributed by atoms with van der Waals surface area (Å²) in [5.74, 6) is -1.01. The second-order valence-electron chi connectivity index (χ2n) is 6.68. The minimum absolute atomic E-state index is 0.0625. The van der Waals surface area contributed by atoms with Gasteiger partial charge in [-0.1, -0.05) is 44.5 Å². The molecule has 1 heterocycles. The number of ketones is 1. The lowest BCUT2D eigenvalue weighted by atomic mass is 9.96. The number of carbonyl (C=O) groups is 3. The molecule has 1 amide bonds. The van der Waals surface area contributed by atoms with Crippen LogP contribution < -0.4 is 5.32 Å². The maximum Gasteiger partial charge on any atom is 0.340 e. The highest BCUT2D eigenvalue weighted by molar-refractivity contribution is 7.14. The van der Waals surface area contributed by atoms with Crippen LogP contribution in [0.25, 0.3) is 0 Å². The van der Waals surface area contributed by atoms with E-state index in [9.17, 15) is 14.4 Å². The second kappa shape index (κ2) is 8.47. The van der Waals surface area contributed by atoms with Crippen molar-refractivity contribution in [3.63, 3.8) is 0 Å². The molecule has 1 N–H and O–H groups in total. The first-order valence-corrected chi connectivity index (χ1v) is 9.20. The maximum atomic E-state index is 12.2. The molecule has 1 aromatic carbocycles. The molecule has 0 fully saturated rings. The summed E-state index contributed by atoms with van der Waals surface area (Å²) in [7, 11) is 0. The van der Waals surface area contributed by atoms with Crippen LogP contribution in [0, 0.1) is 5.41 Å². The topological polar surface area (TPSA) is 72.5 Å². The predicted octanol–water partition coefficient (Wildman–Crippen LogP) is 4.10. The number of ether oxygens (including phenoxy) is 1. The molecule has 0 aliphatic carbocycles. The van der Waals surface area contributed by atoms with Crippen molar-refractivity contribution in [2.24, 2.45) is 5.41 Å². The van der Waals surface area contributed by atoms with E-state index in [-0.39, 0.29) is 28.9 Å². The molecular formula is C19H20ClNO4S. The fourth-order valence-electron chi connectivity index (χ4n) is 1.96. The van der Waals surface area contributed by atoms with Crippen LogP contribution in [0.5, 0.6) is 0 Å². The van der Waals surface area contributed by atoms with E-state index in [0.717, 1.165) is 4.88 Å². The van der Waals surface area contributed by atoms with Gasteiger partial charge in [0.25, 0.3) is 0 Å². The smallest absolute Gasteiger partial charge is 0.340 e. The third-order valence-electron chi connectivity index (χ3n) is 3.47. The van der Waals surface area contributed by atoms with Crippen molar-refractivity contribution in [2.75, 3.05) is 6.61 Å². The van der Waals surface area contributed by atoms with Gasteiger partial charge in [-0.2, -0.15) is 0 Å². The fourth-order valence-corrected chi connectivity index (χ4v) is 3.05. The van der Waals surface area contributed by atoms with Crippen LogP contribution in [0.1, 0.15) is 45.7 Å². The summed E-state index contributed by atoms with van der Waals surface area (Å²) in [5, 5.41) is 3.11. The zero-order valence-electron chi connectivity index (χ0n) is 14.8. The average molecular weight is 394 g/mol. The fraction of sp³-hybridized carbons (Fsp3) is 0.316. The zero-order chi connectivity index (χ0) is 19.3. The number of hydrogen-bond donors (Lipinski definition) is 1. The number of carbonyl (C=O) groups excluding carboxylic acids is 3. The third-order valence-corrected chi connectivity index (χ3v) is 4.92. The zero-order valence-corrected chi connectivity index (χ0v) is 16.4. The van der Waals surface area contributed by atoms with Crippen LogP contribution in [0.2, 0.25) is 5.02 Å². The number of rotatable bonds is 6. The Morgan fingerprint density at radius 1 is 1.12 bits per heavy atom. The molecule has 0 aliphatic heterocycles. The average Bonchev–Trinajstić information content (AvgIpc) is 3.05. The van der Waals surface area contributed by atoms with E-state index in [1.807, 2.05) is 20.8 Å². The minimum atomic E-state index is -0.641. The number of Topliss-reactive ketones (excluding diaryl/α,β-unsaturated/α-hetero) is 1. The van der Waals surface area contributed by atoms with E-state index in [1.165, 1.54) is 17.4 Å². The molecule has 138 valence electrons. The van der Waals surface area contributed by atoms with Crippen molar-refractivity contribution in [1.82, 2.24) is 5.32 Å². The molecule has 0 unspecified atom stereocenters. The number of hydrogen-bond acceptors (Lipinski definition) is 5. The number of esters is 1. The minimum Gasteiger partial charge on any atom is -0.454 e. The van der Waals surface area contributed by atoms with Gasteiger partial charge in [0.05, 0.1) is 22.0 Å². The molecule has 0 saturated heterocycles. The lowest BCUT2D eigenvalue weighted by Gasteiger charge is -2.17. The summed E-state index contributed by atoms with van der Waals surface area (Å²) in [5.41, 5.74) is -0.248. The van der Waals surface area contributed by atoms with Crippen LogP contribution in [0.3, 0.4) is 0 Å². The van der Waals surface area contributed by atoms with Crippen molar-refractivity contribution in [2.45, 2.75) is 27.3 Å². The van der Waals surface area contributed by atoms with Crippen LogP contribution >= 0.6 is 22.9 Å². The summed E-state index contributed by atoms with van der Waals surface area (Å²) in [4.78, 5) is 37.4. The van der Waals surface area contributed by atoms with E-state index in [0.29, 0.717) is 11.4 Å². The van der Waals surface area contributed by atoms with E-state index < -0.39 is 11.4 Å². The number of benzene rings is 1.